The smallest absolute Gasteiger partial charge is 0.148 e. The molecule has 0 aliphatic heterocycles. The molecule has 0 saturated heterocycles. The number of rotatable bonds is 0. The van der Waals surface area contributed by atoms with Gasteiger partial charge in [0, 0.05) is 6.20 Å². The van der Waals surface area contributed by atoms with Gasteiger partial charge in [0.2, 0.25) is 0 Å². The van der Waals surface area contributed by atoms with Crippen LogP contribution in [0.1, 0.15) is 25.2 Å². The lowest BCUT2D eigenvalue weighted by Crippen LogP contribution is -1.96. The van der Waals surface area contributed by atoms with Crippen LogP contribution in [0.5, 0.6) is 0 Å². The second-order valence-corrected chi connectivity index (χ2v) is 3.04. The third-order valence-electron chi connectivity index (χ3n) is 1.95. The zero-order chi connectivity index (χ0) is 11.4. The summed E-state index contributed by atoms with van der Waals surface area (Å²) in [5.74, 6) is 11.4. The van der Waals surface area contributed by atoms with E-state index < -0.39 is 0 Å². The first-order chi connectivity index (χ1) is 7.85. The van der Waals surface area contributed by atoms with E-state index in [9.17, 15) is 0 Å². The predicted molar refractivity (Wildman–Crippen MR) is 62.4 cm³/mol. The van der Waals surface area contributed by atoms with Crippen LogP contribution in [0.15, 0.2) is 18.5 Å². The maximum atomic E-state index is 4.40. The lowest BCUT2D eigenvalue weighted by molar-refractivity contribution is 1.20. The average Bonchev–Trinajstić information content (AvgIpc) is 2.30. The van der Waals surface area contributed by atoms with Crippen LogP contribution in [0, 0.1) is 23.7 Å². The lowest BCUT2D eigenvalue weighted by Gasteiger charge is -1.99. The maximum absolute atomic E-state index is 4.40. The van der Waals surface area contributed by atoms with Gasteiger partial charge in [-0.3, -0.25) is 4.98 Å². The van der Waals surface area contributed by atoms with Crippen LogP contribution in [0.25, 0.3) is 11.0 Å². The number of fused-ring (bicyclic) bond motifs is 1. The lowest BCUT2D eigenvalue weighted by atomic mass is 10.2. The molecule has 76 valence electrons. The quantitative estimate of drug-likeness (QED) is 0.618. The van der Waals surface area contributed by atoms with Crippen LogP contribution in [-0.4, -0.2) is 15.0 Å². The highest BCUT2D eigenvalue weighted by Crippen LogP contribution is 2.10. The van der Waals surface area contributed by atoms with E-state index in [4.69, 9.17) is 0 Å². The Balaban J connectivity index is 2.77. The van der Waals surface area contributed by atoms with Gasteiger partial charge in [-0.15, -0.1) is 0 Å². The minimum absolute atomic E-state index is 0.609. The van der Waals surface area contributed by atoms with E-state index in [1.54, 1.807) is 26.2 Å². The van der Waals surface area contributed by atoms with Crippen LogP contribution in [0.3, 0.4) is 0 Å². The summed E-state index contributed by atoms with van der Waals surface area (Å²) in [4.78, 5) is 12.8. The highest BCUT2D eigenvalue weighted by atomic mass is 14.8. The summed E-state index contributed by atoms with van der Waals surface area (Å²) in [6.45, 7) is 3.53. The summed E-state index contributed by atoms with van der Waals surface area (Å²) in [5, 5.41) is 0. The van der Waals surface area contributed by atoms with Gasteiger partial charge in [0.1, 0.15) is 16.9 Å². The number of pyridine rings is 1. The molecule has 0 unspecified atom stereocenters. The van der Waals surface area contributed by atoms with Gasteiger partial charge in [-0.1, -0.05) is 11.8 Å². The molecule has 0 aliphatic rings. The molecule has 0 saturated carbocycles. The topological polar surface area (TPSA) is 38.7 Å². The molecule has 0 amide bonds. The molecule has 3 heteroatoms. The van der Waals surface area contributed by atoms with Crippen molar-refractivity contribution in [3.05, 3.63) is 29.8 Å². The molecule has 0 spiro atoms. The number of aromatic nitrogens is 3. The summed E-state index contributed by atoms with van der Waals surface area (Å²) in [6.07, 6.45) is 3.36. The second-order valence-electron chi connectivity index (χ2n) is 3.04. The maximum Gasteiger partial charge on any atom is 0.148 e. The molecule has 0 fully saturated rings. The van der Waals surface area contributed by atoms with Crippen molar-refractivity contribution >= 4 is 11.0 Å². The van der Waals surface area contributed by atoms with Gasteiger partial charge >= 0.3 is 0 Å². The van der Waals surface area contributed by atoms with Crippen LogP contribution in [-0.2, 0) is 0 Å². The van der Waals surface area contributed by atoms with E-state index in [0.29, 0.717) is 11.4 Å². The Morgan fingerprint density at radius 1 is 0.938 bits per heavy atom. The van der Waals surface area contributed by atoms with Crippen molar-refractivity contribution in [1.82, 2.24) is 15.0 Å². The third kappa shape index (κ3) is 1.85. The summed E-state index contributed by atoms with van der Waals surface area (Å²) in [5.41, 5.74) is 2.75. The Labute approximate surface area is 94.0 Å². The van der Waals surface area contributed by atoms with E-state index in [0.717, 1.165) is 11.0 Å². The first kappa shape index (κ1) is 10.1. The van der Waals surface area contributed by atoms with E-state index in [1.807, 2.05) is 6.07 Å². The van der Waals surface area contributed by atoms with Crippen molar-refractivity contribution in [3.8, 4) is 23.7 Å². The highest BCUT2D eigenvalue weighted by Gasteiger charge is 2.04. The third-order valence-corrected chi connectivity index (χ3v) is 1.95. The normalized spacial score (nSPS) is 8.88. The van der Waals surface area contributed by atoms with Crippen molar-refractivity contribution in [2.45, 2.75) is 13.8 Å². The molecular formula is C13H9N3. The fourth-order valence-corrected chi connectivity index (χ4v) is 1.32. The molecule has 0 atom stereocenters. The van der Waals surface area contributed by atoms with Crippen LogP contribution in [0.4, 0.5) is 0 Å². The van der Waals surface area contributed by atoms with Crippen molar-refractivity contribution in [1.29, 1.82) is 0 Å². The summed E-state index contributed by atoms with van der Waals surface area (Å²) in [7, 11) is 0. The fraction of sp³-hybridized carbons (Fsp3) is 0.154. The standard InChI is InChI=1S/C13H9N3/c1-3-5-10-11(6-4-2)16-13-9-14-8-7-12(13)15-10/h7-9H,1-2H3. The van der Waals surface area contributed by atoms with E-state index in [1.165, 1.54) is 0 Å². The van der Waals surface area contributed by atoms with Gasteiger partial charge in [0.15, 0.2) is 0 Å². The minimum atomic E-state index is 0.609. The van der Waals surface area contributed by atoms with Crippen molar-refractivity contribution in [2.24, 2.45) is 0 Å². The molecule has 0 N–H and O–H groups in total. The Kier molecular flexibility index (Phi) is 2.80. The van der Waals surface area contributed by atoms with Crippen molar-refractivity contribution in [3.63, 3.8) is 0 Å². The Morgan fingerprint density at radius 3 is 2.19 bits per heavy atom. The predicted octanol–water partition coefficient (Wildman–Crippen LogP) is 1.77. The molecule has 0 aromatic carbocycles. The van der Waals surface area contributed by atoms with Crippen LogP contribution in [0.2, 0.25) is 0 Å². The average molecular weight is 207 g/mol. The van der Waals surface area contributed by atoms with Gasteiger partial charge in [0.05, 0.1) is 11.7 Å². The molecule has 0 bridgehead atoms. The summed E-state index contributed by atoms with van der Waals surface area (Å²) >= 11 is 0. The van der Waals surface area contributed by atoms with Gasteiger partial charge in [-0.05, 0) is 31.8 Å². The van der Waals surface area contributed by atoms with Crippen molar-refractivity contribution < 1.29 is 0 Å². The molecule has 2 aromatic rings. The second kappa shape index (κ2) is 4.42. The molecule has 0 radical (unpaired) electrons. The monoisotopic (exact) mass is 207 g/mol. The van der Waals surface area contributed by atoms with E-state index in [-0.39, 0.29) is 0 Å². The summed E-state index contributed by atoms with van der Waals surface area (Å²) < 4.78 is 0. The van der Waals surface area contributed by atoms with Crippen LogP contribution < -0.4 is 0 Å². The molecule has 2 heterocycles. The van der Waals surface area contributed by atoms with Gasteiger partial charge in [0.25, 0.3) is 0 Å². The minimum Gasteiger partial charge on any atom is -0.262 e. The first-order valence-corrected chi connectivity index (χ1v) is 4.82. The SMILES string of the molecule is CC#Cc1nc2ccncc2nc1C#CC. The molecule has 2 rings (SSSR count). The van der Waals surface area contributed by atoms with Gasteiger partial charge < -0.3 is 0 Å². The Morgan fingerprint density at radius 2 is 1.56 bits per heavy atom. The number of hydrogen-bond donors (Lipinski definition) is 0. The zero-order valence-corrected chi connectivity index (χ0v) is 9.07. The van der Waals surface area contributed by atoms with Gasteiger partial charge in [-0.25, -0.2) is 9.97 Å². The van der Waals surface area contributed by atoms with Crippen LogP contribution >= 0.6 is 0 Å². The zero-order valence-electron chi connectivity index (χ0n) is 9.07. The highest BCUT2D eigenvalue weighted by molar-refractivity contribution is 5.74. The van der Waals surface area contributed by atoms with Crippen molar-refractivity contribution in [2.75, 3.05) is 0 Å². The number of nitrogens with zero attached hydrogens (tertiary/aromatic N) is 3. The first-order valence-electron chi connectivity index (χ1n) is 4.82. The van der Waals surface area contributed by atoms with E-state index >= 15 is 0 Å². The molecular weight excluding hydrogens is 198 g/mol. The van der Waals surface area contributed by atoms with Gasteiger partial charge in [-0.2, -0.15) is 0 Å². The Bertz CT molecular complexity index is 593. The van der Waals surface area contributed by atoms with E-state index in [2.05, 4.69) is 38.6 Å². The summed E-state index contributed by atoms with van der Waals surface area (Å²) in [6, 6.07) is 1.81. The largest absolute Gasteiger partial charge is 0.262 e. The molecule has 16 heavy (non-hydrogen) atoms. The Hall–Kier alpha value is -2.39. The molecule has 0 aliphatic carbocycles. The number of hydrogen-bond acceptors (Lipinski definition) is 3. The molecule has 2 aromatic heterocycles. The fourth-order valence-electron chi connectivity index (χ4n) is 1.32. The molecule has 3 nitrogen and oxygen atoms in total.